The SMILES string of the molecule is CC[C@H](C)C1NC(=O)C([C@@H](C)O)NC(=O)C(Cc2cncn2C)NC(=O)C(Cc2ccccc2)NC(=O)CSCC(C(=O)NCC(N)=O)NC(=O)C(Cc2ccc(O)cc2)NC(=O)C(Cc2c[nH]c3ccccc23)NC(=O)C(Cc2ccc(O)cc2)NC(=O)C(CCCNC(=N)N)NC(=O)C(Cc2ccccc2)NC(=O)C(C)(C)NC(=O)C(CCCNC(=N)N)NC(=O)C(CCCCN)NC(=O)C(CCCNC(=N)N)NC1=O. The normalized spacial score (nSPS) is 22.1. The average Bonchev–Trinajstić information content (AvgIpc) is 1.68. The van der Waals surface area contributed by atoms with Gasteiger partial charge in [-0.05, 0) is 149 Å². The molecule has 49 heteroatoms. The number of carbonyl (C=O) groups excluding carboxylic acids is 16. The highest BCUT2D eigenvalue weighted by atomic mass is 32.2. The van der Waals surface area contributed by atoms with Crippen molar-refractivity contribution in [2.24, 2.45) is 41.6 Å². The van der Waals surface area contributed by atoms with Gasteiger partial charge in [-0.25, -0.2) is 4.98 Å². The van der Waals surface area contributed by atoms with E-state index in [0.717, 1.165) is 11.8 Å². The highest BCUT2D eigenvalue weighted by Gasteiger charge is 2.42. The molecule has 7 aromatic rings. The van der Waals surface area contributed by atoms with Gasteiger partial charge in [-0.3, -0.25) is 92.9 Å². The second-order valence-corrected chi connectivity index (χ2v) is 37.8. The van der Waals surface area contributed by atoms with Crippen LogP contribution in [0, 0.1) is 22.1 Å². The molecule has 35 N–H and O–H groups in total. The van der Waals surface area contributed by atoms with Gasteiger partial charge in [0.2, 0.25) is 94.5 Å². The molecule has 13 unspecified atom stereocenters. The molecule has 0 radical (unpaired) electrons. The quantitative estimate of drug-likeness (QED) is 0.0104. The van der Waals surface area contributed by atoms with E-state index in [1.807, 2.05) is 0 Å². The van der Waals surface area contributed by atoms with E-state index in [1.54, 1.807) is 112 Å². The molecular formula is C99H139N29O19S. The number of fused-ring (bicyclic) bond motifs is 1. The Bertz CT molecular complexity index is 5720. The Labute approximate surface area is 859 Å². The number of nitrogens with two attached hydrogens (primary N) is 5. The van der Waals surface area contributed by atoms with Crippen molar-refractivity contribution in [2.75, 3.05) is 44.2 Å². The fraction of sp³-hybridized carbons (Fsp3) is 0.455. The molecule has 148 heavy (non-hydrogen) atoms. The van der Waals surface area contributed by atoms with Crippen LogP contribution in [-0.4, -0.2) is 277 Å². The van der Waals surface area contributed by atoms with Crippen LogP contribution < -0.4 is 124 Å². The predicted octanol–water partition coefficient (Wildman–Crippen LogP) is -4.04. The summed E-state index contributed by atoms with van der Waals surface area (Å²) in [5.74, 6) is -19.8. The number of benzene rings is 5. The standard InChI is InChI=1S/C99H139N29O19S/c1-7-55(2)80-93(145)118-69(29-19-41-110-97(104)105)84(136)115-67(27-16-17-39-100)83(135)117-70(30-20-42-111-98(106)107)92(144)127-99(4,5)95(147)124-74(44-58-23-12-9-13-24-58)89(141)116-68(28-18-40-109-96(102)103)85(137)119-72(45-59-31-35-63(130)36-32-59)87(139)121-75(47-61-49-112-66-26-15-14-25-65(61)66)90(142)120-73(46-60-33-37-64(131)38-34-60)88(140)123-77(82(134)113-51-78(101)132)52-148-53-79(133)114-71(43-57-21-10-8-11-22-57)86(138)122-76(48-62-50-108-54-128(62)6)91(143)126-81(56(3)129)94(146)125-80/h8-15,21-26,31-38,49-50,54-56,67-77,80-81,112,129-131H,7,16-20,27-30,39-48,51-53,100H2,1-6H3,(H2,101,132)(H,113,134)(H,114,133)(H,115,136)(H,116,141)(H,117,135)(H,118,145)(H,119,137)(H,120,142)(H,121,139)(H,122,138)(H,123,140)(H,124,147)(H,125,146)(H,126,143)(H,127,144)(H4,102,103,109)(H4,104,105,110)(H4,106,107,111)/t55-,56+,67?,68?,69?,70?,71?,72?,73?,74?,75?,76?,77?,80?,81?/m0/s1. The average molecular weight is 2070 g/mol. The Morgan fingerprint density at radius 3 is 1.29 bits per heavy atom. The topological polar surface area (TPSA) is 786 Å². The Morgan fingerprint density at radius 2 is 0.845 bits per heavy atom. The summed E-state index contributed by atoms with van der Waals surface area (Å²) in [7, 11) is 1.60. The van der Waals surface area contributed by atoms with Crippen LogP contribution in [0.3, 0.4) is 0 Å². The largest absolute Gasteiger partial charge is 0.508 e. The van der Waals surface area contributed by atoms with Crippen LogP contribution in [0.5, 0.6) is 11.5 Å². The molecule has 1 aliphatic rings. The van der Waals surface area contributed by atoms with Crippen LogP contribution in [0.15, 0.2) is 152 Å². The Balaban J connectivity index is 1.25. The van der Waals surface area contributed by atoms with E-state index in [4.69, 9.17) is 44.9 Å². The predicted molar refractivity (Wildman–Crippen MR) is 551 cm³/mol. The van der Waals surface area contributed by atoms with Crippen molar-refractivity contribution in [1.82, 2.24) is 110 Å². The number of imidazole rings is 1. The number of para-hydroxylation sites is 1. The van der Waals surface area contributed by atoms with Gasteiger partial charge in [0.15, 0.2) is 17.9 Å². The number of guanidine groups is 3. The van der Waals surface area contributed by atoms with Crippen molar-refractivity contribution in [3.8, 4) is 11.5 Å². The van der Waals surface area contributed by atoms with E-state index in [9.17, 15) is 34.5 Å². The second-order valence-electron chi connectivity index (χ2n) is 36.7. The highest BCUT2D eigenvalue weighted by molar-refractivity contribution is 8.00. The molecular weight excluding hydrogens is 1930 g/mol. The fourth-order valence-corrected chi connectivity index (χ4v) is 16.8. The molecule has 15 atom stereocenters. The maximum absolute atomic E-state index is 15.8. The first kappa shape index (κ1) is 117. The number of aromatic hydroxyl groups is 2. The summed E-state index contributed by atoms with van der Waals surface area (Å²) in [4.78, 5) is 247. The molecule has 48 nitrogen and oxygen atoms in total. The molecule has 1 aliphatic heterocycles. The summed E-state index contributed by atoms with van der Waals surface area (Å²) in [5, 5.41) is 105. The molecule has 0 bridgehead atoms. The van der Waals surface area contributed by atoms with Gasteiger partial charge in [0.05, 0.1) is 24.7 Å². The number of aromatic amines is 1. The van der Waals surface area contributed by atoms with E-state index in [1.165, 1.54) is 86.4 Å². The number of carbonyl (C=O) groups is 16. The Kier molecular flexibility index (Phi) is 46.6. The smallest absolute Gasteiger partial charge is 0.245 e. The highest BCUT2D eigenvalue weighted by Crippen LogP contribution is 2.24. The zero-order valence-corrected chi connectivity index (χ0v) is 84.2. The number of thioether (sulfide) groups is 1. The van der Waals surface area contributed by atoms with Gasteiger partial charge in [0.25, 0.3) is 0 Å². The number of phenolic OH excluding ortho intramolecular Hbond substituents is 2. The van der Waals surface area contributed by atoms with Crippen LogP contribution >= 0.6 is 11.8 Å². The number of aromatic nitrogens is 3. The maximum atomic E-state index is 15.8. The lowest BCUT2D eigenvalue weighted by Gasteiger charge is -2.31. The van der Waals surface area contributed by atoms with Crippen LogP contribution in [0.25, 0.3) is 10.9 Å². The minimum absolute atomic E-state index is 0.0161. The zero-order chi connectivity index (χ0) is 108. The van der Waals surface area contributed by atoms with Gasteiger partial charge in [-0.15, -0.1) is 11.8 Å². The van der Waals surface area contributed by atoms with Gasteiger partial charge in [0.1, 0.15) is 95.6 Å². The van der Waals surface area contributed by atoms with Crippen molar-refractivity contribution in [3.05, 3.63) is 186 Å². The monoisotopic (exact) mass is 2070 g/mol. The van der Waals surface area contributed by atoms with E-state index in [-0.39, 0.29) is 121 Å². The second kappa shape index (κ2) is 58.9. The molecule has 2 aromatic heterocycles. The number of aliphatic hydroxyl groups is 1. The molecule has 3 heterocycles. The third-order valence-corrected chi connectivity index (χ3v) is 25.5. The first-order chi connectivity index (χ1) is 70.5. The third kappa shape index (κ3) is 38.9. The summed E-state index contributed by atoms with van der Waals surface area (Å²) in [6.45, 7) is 6.26. The minimum Gasteiger partial charge on any atom is -0.508 e. The van der Waals surface area contributed by atoms with E-state index in [0.29, 0.717) is 50.8 Å². The molecule has 800 valence electrons. The molecule has 5 aromatic carbocycles. The first-order valence-corrected chi connectivity index (χ1v) is 49.8. The maximum Gasteiger partial charge on any atom is 0.245 e. The van der Waals surface area contributed by atoms with Gasteiger partial charge >= 0.3 is 0 Å². The van der Waals surface area contributed by atoms with E-state index >= 15 is 57.5 Å². The van der Waals surface area contributed by atoms with Gasteiger partial charge < -0.3 is 149 Å². The number of hydrogen-bond acceptors (Lipinski definition) is 25. The number of nitrogens with zero attached hydrogens (tertiary/aromatic N) is 2. The number of phenols is 2. The number of unbranched alkanes of at least 4 members (excludes halogenated alkanes) is 1. The van der Waals surface area contributed by atoms with Crippen molar-refractivity contribution < 1.29 is 92.0 Å². The third-order valence-electron chi connectivity index (χ3n) is 24.4. The summed E-state index contributed by atoms with van der Waals surface area (Å²) >= 11 is 0.746. The fourth-order valence-electron chi connectivity index (χ4n) is 16.0. The number of nitrogens with one attached hydrogen (secondary N) is 22. The lowest BCUT2D eigenvalue weighted by atomic mass is 9.96. The van der Waals surface area contributed by atoms with Crippen LogP contribution in [0.4, 0.5) is 0 Å². The van der Waals surface area contributed by atoms with Gasteiger partial charge in [-0.2, -0.15) is 0 Å². The summed E-state index contributed by atoms with van der Waals surface area (Å²) < 4.78 is 1.53. The first-order valence-electron chi connectivity index (χ1n) is 48.6. The van der Waals surface area contributed by atoms with E-state index in [2.05, 4.69) is 106 Å². The molecule has 1 saturated heterocycles. The number of amides is 16. The van der Waals surface area contributed by atoms with Crippen LogP contribution in [-0.2, 0) is 122 Å². The van der Waals surface area contributed by atoms with Crippen molar-refractivity contribution in [2.45, 2.75) is 228 Å². The van der Waals surface area contributed by atoms with Crippen molar-refractivity contribution >= 4 is 135 Å². The number of rotatable bonds is 34. The Hall–Kier alpha value is -15.9. The van der Waals surface area contributed by atoms with Gasteiger partial charge in [0, 0.05) is 100.0 Å². The van der Waals surface area contributed by atoms with Crippen molar-refractivity contribution in [3.63, 3.8) is 0 Å². The lowest BCUT2D eigenvalue weighted by Crippen LogP contribution is -2.64. The summed E-state index contributed by atoms with van der Waals surface area (Å²) in [5.41, 5.74) is 29.4. The number of aliphatic hydroxyl groups excluding tert-OH is 1. The molecule has 0 saturated carbocycles. The molecule has 16 amide bonds. The number of primary amides is 1. The Morgan fingerprint density at radius 1 is 0.459 bits per heavy atom. The molecule has 1 fully saturated rings. The summed E-state index contributed by atoms with van der Waals surface area (Å²) in [6, 6.07) is 13.0. The van der Waals surface area contributed by atoms with Crippen LogP contribution in [0.1, 0.15) is 132 Å². The minimum atomic E-state index is -2.04. The van der Waals surface area contributed by atoms with Crippen LogP contribution in [0.2, 0.25) is 0 Å². The van der Waals surface area contributed by atoms with E-state index < -0.39 is 239 Å². The number of H-pyrrole nitrogens is 1. The molecule has 0 spiro atoms. The number of aryl methyl sites for hydroxylation is 1. The van der Waals surface area contributed by atoms with Gasteiger partial charge in [-0.1, -0.05) is 123 Å². The lowest BCUT2D eigenvalue weighted by molar-refractivity contribution is -0.138. The van der Waals surface area contributed by atoms with Crippen molar-refractivity contribution in [1.29, 1.82) is 16.2 Å². The number of hydrogen-bond donors (Lipinski definition) is 30. The zero-order valence-electron chi connectivity index (χ0n) is 83.4. The summed E-state index contributed by atoms with van der Waals surface area (Å²) in [6.07, 6.45) is 0.395. The molecule has 0 aliphatic carbocycles. The molecule has 8 rings (SSSR count).